The fourth-order valence-electron chi connectivity index (χ4n) is 1.84. The highest BCUT2D eigenvalue weighted by Gasteiger charge is 2.23. The topological polar surface area (TPSA) is 29.5 Å². The molecule has 1 fully saturated rings. The number of nitrogens with zero attached hydrogens (tertiary/aromatic N) is 1. The third kappa shape index (κ3) is 2.54. The molecule has 2 rings (SSSR count). The van der Waals surface area contributed by atoms with Crippen LogP contribution in [0.1, 0.15) is 18.6 Å². The first kappa shape index (κ1) is 11.4. The van der Waals surface area contributed by atoms with E-state index in [1.807, 2.05) is 24.3 Å². The van der Waals surface area contributed by atoms with Gasteiger partial charge in [-0.2, -0.15) is 0 Å². The molecule has 1 saturated heterocycles. The number of halogens is 1. The lowest BCUT2D eigenvalue weighted by molar-refractivity contribution is -0.136. The summed E-state index contributed by atoms with van der Waals surface area (Å²) in [6, 6.07) is 7.58. The lowest BCUT2D eigenvalue weighted by Gasteiger charge is -2.32. The van der Waals surface area contributed by atoms with Crippen molar-refractivity contribution in [2.75, 3.05) is 19.7 Å². The molecule has 0 radical (unpaired) electrons. The Balaban J connectivity index is 2.12. The molecule has 3 nitrogen and oxygen atoms in total. The fourth-order valence-corrected chi connectivity index (χ4v) is 2.04. The van der Waals surface area contributed by atoms with E-state index < -0.39 is 0 Å². The molecular formula is C12H14ClNO2. The van der Waals surface area contributed by atoms with Gasteiger partial charge < -0.3 is 9.64 Å². The lowest BCUT2D eigenvalue weighted by atomic mass is 10.1. The highest BCUT2D eigenvalue weighted by atomic mass is 35.5. The predicted molar refractivity (Wildman–Crippen MR) is 62.4 cm³/mol. The minimum absolute atomic E-state index is 0.0589. The molecule has 0 saturated carbocycles. The number of hydrogen-bond acceptors (Lipinski definition) is 2. The minimum Gasteiger partial charge on any atom is -0.370 e. The van der Waals surface area contributed by atoms with E-state index in [1.165, 1.54) is 0 Å². The Labute approximate surface area is 100.0 Å². The largest absolute Gasteiger partial charge is 0.370 e. The Hall–Kier alpha value is -1.06. The maximum atomic E-state index is 11.3. The van der Waals surface area contributed by atoms with Gasteiger partial charge in [0, 0.05) is 18.5 Å². The molecule has 86 valence electrons. The molecular weight excluding hydrogens is 226 g/mol. The maximum Gasteiger partial charge on any atom is 0.219 e. The van der Waals surface area contributed by atoms with Gasteiger partial charge in [-0.05, 0) is 17.7 Å². The third-order valence-electron chi connectivity index (χ3n) is 2.73. The molecule has 1 aromatic rings. The summed E-state index contributed by atoms with van der Waals surface area (Å²) in [5.74, 6) is 0.0929. The smallest absolute Gasteiger partial charge is 0.219 e. The van der Waals surface area contributed by atoms with Crippen LogP contribution in [0.5, 0.6) is 0 Å². The van der Waals surface area contributed by atoms with Crippen LogP contribution < -0.4 is 0 Å². The van der Waals surface area contributed by atoms with Crippen LogP contribution in [0.15, 0.2) is 24.3 Å². The monoisotopic (exact) mass is 239 g/mol. The quantitative estimate of drug-likeness (QED) is 0.753. The summed E-state index contributed by atoms with van der Waals surface area (Å²) in [5, 5.41) is 0.695. The number of rotatable bonds is 1. The average Bonchev–Trinajstić information content (AvgIpc) is 2.29. The number of ether oxygens (including phenoxy) is 1. The number of amides is 1. The molecule has 1 aromatic carbocycles. The van der Waals surface area contributed by atoms with Gasteiger partial charge in [0.2, 0.25) is 5.91 Å². The molecule has 1 amide bonds. The van der Waals surface area contributed by atoms with E-state index in [0.29, 0.717) is 24.7 Å². The molecule has 0 aromatic heterocycles. The normalized spacial score (nSPS) is 20.9. The van der Waals surface area contributed by atoms with Crippen molar-refractivity contribution in [2.45, 2.75) is 13.0 Å². The van der Waals surface area contributed by atoms with E-state index >= 15 is 0 Å². The van der Waals surface area contributed by atoms with E-state index in [0.717, 1.165) is 5.56 Å². The van der Waals surface area contributed by atoms with Crippen molar-refractivity contribution < 1.29 is 9.53 Å². The molecule has 0 aliphatic carbocycles. The van der Waals surface area contributed by atoms with Crippen molar-refractivity contribution in [1.82, 2.24) is 4.90 Å². The summed E-state index contributed by atoms with van der Waals surface area (Å²) in [6.07, 6.45) is -0.0589. The molecule has 0 bridgehead atoms. The third-order valence-corrected chi connectivity index (χ3v) is 2.97. The number of morpholine rings is 1. The van der Waals surface area contributed by atoms with Crippen LogP contribution in [0.3, 0.4) is 0 Å². The zero-order chi connectivity index (χ0) is 11.5. The predicted octanol–water partition coefficient (Wildman–Crippen LogP) is 2.26. The van der Waals surface area contributed by atoms with Gasteiger partial charge in [0.05, 0.1) is 13.2 Å². The van der Waals surface area contributed by atoms with Crippen molar-refractivity contribution in [1.29, 1.82) is 0 Å². The van der Waals surface area contributed by atoms with Crippen LogP contribution in [-0.2, 0) is 9.53 Å². The Morgan fingerprint density at radius 1 is 1.56 bits per heavy atom. The standard InChI is InChI=1S/C12H14ClNO2/c1-9(15)14-5-6-16-12(8-14)10-3-2-4-11(13)7-10/h2-4,7,12H,5-6,8H2,1H3/t12-/m0/s1. The highest BCUT2D eigenvalue weighted by Crippen LogP contribution is 2.24. The maximum absolute atomic E-state index is 11.3. The van der Waals surface area contributed by atoms with Crippen molar-refractivity contribution in [3.8, 4) is 0 Å². The second kappa shape index (κ2) is 4.85. The van der Waals surface area contributed by atoms with Gasteiger partial charge in [0.1, 0.15) is 6.10 Å². The zero-order valence-electron chi connectivity index (χ0n) is 9.15. The summed E-state index contributed by atoms with van der Waals surface area (Å²) < 4.78 is 5.65. The Kier molecular flexibility index (Phi) is 3.46. The van der Waals surface area contributed by atoms with Crippen LogP contribution in [0.2, 0.25) is 5.02 Å². The second-order valence-corrected chi connectivity index (χ2v) is 4.32. The van der Waals surface area contributed by atoms with Gasteiger partial charge in [-0.15, -0.1) is 0 Å². The Bertz CT molecular complexity index is 394. The second-order valence-electron chi connectivity index (χ2n) is 3.88. The van der Waals surface area contributed by atoms with Crippen molar-refractivity contribution in [3.63, 3.8) is 0 Å². The number of hydrogen-bond donors (Lipinski definition) is 0. The van der Waals surface area contributed by atoms with Gasteiger partial charge in [-0.1, -0.05) is 23.7 Å². The van der Waals surface area contributed by atoms with E-state index in [1.54, 1.807) is 11.8 Å². The Morgan fingerprint density at radius 3 is 3.06 bits per heavy atom. The molecule has 1 atom stereocenters. The SMILES string of the molecule is CC(=O)N1CCO[C@H](c2cccc(Cl)c2)C1. The van der Waals surface area contributed by atoms with Crippen LogP contribution in [-0.4, -0.2) is 30.5 Å². The lowest BCUT2D eigenvalue weighted by Crippen LogP contribution is -2.41. The van der Waals surface area contributed by atoms with E-state index in [4.69, 9.17) is 16.3 Å². The molecule has 16 heavy (non-hydrogen) atoms. The van der Waals surface area contributed by atoms with Crippen molar-refractivity contribution in [2.24, 2.45) is 0 Å². The van der Waals surface area contributed by atoms with Gasteiger partial charge >= 0.3 is 0 Å². The van der Waals surface area contributed by atoms with Crippen LogP contribution in [0.4, 0.5) is 0 Å². The minimum atomic E-state index is -0.0589. The van der Waals surface area contributed by atoms with Gasteiger partial charge in [-0.3, -0.25) is 4.79 Å². The van der Waals surface area contributed by atoms with E-state index in [2.05, 4.69) is 0 Å². The van der Waals surface area contributed by atoms with Gasteiger partial charge in [-0.25, -0.2) is 0 Å². The van der Waals surface area contributed by atoms with Gasteiger partial charge in [0.15, 0.2) is 0 Å². The van der Waals surface area contributed by atoms with E-state index in [-0.39, 0.29) is 12.0 Å². The average molecular weight is 240 g/mol. The van der Waals surface area contributed by atoms with Crippen LogP contribution >= 0.6 is 11.6 Å². The molecule has 0 spiro atoms. The number of carbonyl (C=O) groups is 1. The van der Waals surface area contributed by atoms with Crippen LogP contribution in [0.25, 0.3) is 0 Å². The zero-order valence-corrected chi connectivity index (χ0v) is 9.91. The summed E-state index contributed by atoms with van der Waals surface area (Å²) in [4.78, 5) is 13.1. The van der Waals surface area contributed by atoms with Crippen molar-refractivity contribution >= 4 is 17.5 Å². The first-order valence-corrected chi connectivity index (χ1v) is 5.67. The van der Waals surface area contributed by atoms with Crippen LogP contribution in [0, 0.1) is 0 Å². The first-order valence-electron chi connectivity index (χ1n) is 5.29. The van der Waals surface area contributed by atoms with E-state index in [9.17, 15) is 4.79 Å². The fraction of sp³-hybridized carbons (Fsp3) is 0.417. The van der Waals surface area contributed by atoms with Gasteiger partial charge in [0.25, 0.3) is 0 Å². The molecule has 1 aliphatic rings. The molecule has 4 heteroatoms. The summed E-state index contributed by atoms with van der Waals surface area (Å²) in [7, 11) is 0. The summed E-state index contributed by atoms with van der Waals surface area (Å²) >= 11 is 5.93. The molecule has 0 unspecified atom stereocenters. The summed E-state index contributed by atoms with van der Waals surface area (Å²) in [6.45, 7) is 3.44. The Morgan fingerprint density at radius 2 is 2.38 bits per heavy atom. The van der Waals surface area contributed by atoms with Crippen molar-refractivity contribution in [3.05, 3.63) is 34.9 Å². The molecule has 0 N–H and O–H groups in total. The molecule has 1 aliphatic heterocycles. The number of benzene rings is 1. The highest BCUT2D eigenvalue weighted by molar-refractivity contribution is 6.30. The summed E-state index contributed by atoms with van der Waals surface area (Å²) in [5.41, 5.74) is 1.03. The first-order chi connectivity index (χ1) is 7.66. The molecule has 1 heterocycles. The number of carbonyl (C=O) groups excluding carboxylic acids is 1.